The lowest BCUT2D eigenvalue weighted by atomic mass is 9.83. The normalized spacial score (nSPS) is 17.3. The van der Waals surface area contributed by atoms with Gasteiger partial charge in [0.05, 0.1) is 11.4 Å². The third-order valence-corrected chi connectivity index (χ3v) is 4.41. The number of carbonyl (C=O) groups is 1. The Hall–Kier alpha value is -1.71. The van der Waals surface area contributed by atoms with Crippen molar-refractivity contribution in [1.82, 2.24) is 0 Å². The smallest absolute Gasteiger partial charge is 0.248 e. The Bertz CT molecular complexity index is 464. The molecular weight excluding hydrogens is 238 g/mol. The third kappa shape index (κ3) is 3.00. The lowest BCUT2D eigenvalue weighted by molar-refractivity contribution is 0.100. The van der Waals surface area contributed by atoms with Crippen molar-refractivity contribution >= 4 is 17.3 Å². The van der Waals surface area contributed by atoms with Gasteiger partial charge in [0.2, 0.25) is 5.91 Å². The van der Waals surface area contributed by atoms with Gasteiger partial charge in [-0.3, -0.25) is 4.79 Å². The van der Waals surface area contributed by atoms with Crippen molar-refractivity contribution in [3.63, 3.8) is 0 Å². The summed E-state index contributed by atoms with van der Waals surface area (Å²) in [6.45, 7) is 3.16. The van der Waals surface area contributed by atoms with Crippen molar-refractivity contribution < 1.29 is 4.79 Å². The second-order valence-electron chi connectivity index (χ2n) is 5.58. The fraction of sp³-hybridized carbons (Fsp3) is 0.533. The first-order valence-electron chi connectivity index (χ1n) is 6.99. The first kappa shape index (κ1) is 13.7. The van der Waals surface area contributed by atoms with E-state index < -0.39 is 5.91 Å². The second-order valence-corrected chi connectivity index (χ2v) is 5.58. The number of hydrogen-bond acceptors (Lipinski definition) is 3. The topological polar surface area (TPSA) is 81.1 Å². The van der Waals surface area contributed by atoms with Crippen LogP contribution >= 0.6 is 0 Å². The fourth-order valence-electron chi connectivity index (χ4n) is 2.93. The molecule has 1 saturated carbocycles. The molecule has 1 aromatic carbocycles. The molecule has 0 bridgehead atoms. The van der Waals surface area contributed by atoms with Gasteiger partial charge in [-0.1, -0.05) is 19.8 Å². The number of benzene rings is 1. The van der Waals surface area contributed by atoms with Crippen LogP contribution in [-0.4, -0.2) is 12.5 Å². The number of hydrogen-bond donors (Lipinski definition) is 3. The largest absolute Gasteiger partial charge is 0.397 e. The predicted molar refractivity (Wildman–Crippen MR) is 79.1 cm³/mol. The average Bonchev–Trinajstić information content (AvgIpc) is 2.87. The van der Waals surface area contributed by atoms with Crippen molar-refractivity contribution in [3.8, 4) is 0 Å². The van der Waals surface area contributed by atoms with E-state index in [0.717, 1.165) is 12.2 Å². The Morgan fingerprint density at radius 3 is 2.63 bits per heavy atom. The zero-order valence-corrected chi connectivity index (χ0v) is 11.5. The Morgan fingerprint density at radius 2 is 2.05 bits per heavy atom. The van der Waals surface area contributed by atoms with Crippen LogP contribution in [0.4, 0.5) is 11.4 Å². The predicted octanol–water partition coefficient (Wildman–Crippen LogP) is 2.75. The van der Waals surface area contributed by atoms with Crippen molar-refractivity contribution in [3.05, 3.63) is 23.8 Å². The molecule has 0 spiro atoms. The zero-order valence-electron chi connectivity index (χ0n) is 11.5. The molecule has 0 atom stereocenters. The van der Waals surface area contributed by atoms with Crippen LogP contribution in [0.2, 0.25) is 0 Å². The molecule has 0 radical (unpaired) electrons. The Balaban J connectivity index is 2.10. The van der Waals surface area contributed by atoms with E-state index in [0.29, 0.717) is 16.7 Å². The van der Waals surface area contributed by atoms with Crippen molar-refractivity contribution in [2.45, 2.75) is 39.0 Å². The standard InChI is InChI=1S/C15H23N3O/c1-2-15(7-3-4-8-15)10-18-13-9-11(14(17)19)5-6-12(13)16/h5-6,9,18H,2-4,7-8,10,16H2,1H3,(H2,17,19). The van der Waals surface area contributed by atoms with E-state index in [4.69, 9.17) is 11.5 Å². The molecule has 1 aliphatic rings. The van der Waals surface area contributed by atoms with E-state index in [1.165, 1.54) is 32.1 Å². The highest BCUT2D eigenvalue weighted by molar-refractivity contribution is 5.94. The lowest BCUT2D eigenvalue weighted by Crippen LogP contribution is -2.26. The minimum absolute atomic E-state index is 0.384. The number of amides is 1. The summed E-state index contributed by atoms with van der Waals surface area (Å²) in [6, 6.07) is 5.14. The summed E-state index contributed by atoms with van der Waals surface area (Å²) in [7, 11) is 0. The summed E-state index contributed by atoms with van der Waals surface area (Å²) >= 11 is 0. The molecule has 19 heavy (non-hydrogen) atoms. The van der Waals surface area contributed by atoms with Crippen LogP contribution in [0.25, 0.3) is 0 Å². The van der Waals surface area contributed by atoms with Crippen LogP contribution in [0.5, 0.6) is 0 Å². The van der Waals surface area contributed by atoms with Gasteiger partial charge in [-0.25, -0.2) is 0 Å². The number of carbonyl (C=O) groups excluding carboxylic acids is 1. The highest BCUT2D eigenvalue weighted by Gasteiger charge is 2.31. The zero-order chi connectivity index (χ0) is 13.9. The number of nitrogen functional groups attached to an aromatic ring is 1. The fourth-order valence-corrected chi connectivity index (χ4v) is 2.93. The quantitative estimate of drug-likeness (QED) is 0.713. The Labute approximate surface area is 114 Å². The Morgan fingerprint density at radius 1 is 1.37 bits per heavy atom. The summed E-state index contributed by atoms with van der Waals surface area (Å²) in [5, 5.41) is 3.41. The molecule has 104 valence electrons. The van der Waals surface area contributed by atoms with Gasteiger partial charge < -0.3 is 16.8 Å². The summed E-state index contributed by atoms with van der Waals surface area (Å²) < 4.78 is 0. The molecule has 5 N–H and O–H groups in total. The lowest BCUT2D eigenvalue weighted by Gasteiger charge is -2.28. The van der Waals surface area contributed by atoms with Crippen LogP contribution in [0.15, 0.2) is 18.2 Å². The summed E-state index contributed by atoms with van der Waals surface area (Å²) in [5.74, 6) is -0.422. The molecule has 1 amide bonds. The van der Waals surface area contributed by atoms with E-state index in [1.54, 1.807) is 18.2 Å². The first-order valence-corrected chi connectivity index (χ1v) is 6.99. The van der Waals surface area contributed by atoms with Gasteiger partial charge in [0.25, 0.3) is 0 Å². The van der Waals surface area contributed by atoms with Crippen LogP contribution in [0.1, 0.15) is 49.4 Å². The van der Waals surface area contributed by atoms with Gasteiger partial charge in [-0.15, -0.1) is 0 Å². The molecule has 0 saturated heterocycles. The van der Waals surface area contributed by atoms with Crippen molar-refractivity contribution in [2.24, 2.45) is 11.1 Å². The molecule has 1 fully saturated rings. The maximum absolute atomic E-state index is 11.2. The second kappa shape index (κ2) is 5.51. The van der Waals surface area contributed by atoms with Crippen LogP contribution in [0, 0.1) is 5.41 Å². The molecule has 1 aromatic rings. The van der Waals surface area contributed by atoms with Crippen LogP contribution in [0.3, 0.4) is 0 Å². The Kier molecular flexibility index (Phi) is 3.98. The molecular formula is C15H23N3O. The average molecular weight is 261 g/mol. The van der Waals surface area contributed by atoms with Crippen LogP contribution in [-0.2, 0) is 0 Å². The number of nitrogens with one attached hydrogen (secondary N) is 1. The summed E-state index contributed by atoms with van der Waals surface area (Å²) in [4.78, 5) is 11.2. The molecule has 0 heterocycles. The number of nitrogens with two attached hydrogens (primary N) is 2. The van der Waals surface area contributed by atoms with Crippen LogP contribution < -0.4 is 16.8 Å². The molecule has 0 unspecified atom stereocenters. The summed E-state index contributed by atoms with van der Waals surface area (Å²) in [5.41, 5.74) is 13.6. The van der Waals surface area contributed by atoms with E-state index in [9.17, 15) is 4.79 Å². The molecule has 0 aromatic heterocycles. The molecule has 4 nitrogen and oxygen atoms in total. The van der Waals surface area contributed by atoms with E-state index in [2.05, 4.69) is 12.2 Å². The summed E-state index contributed by atoms with van der Waals surface area (Å²) in [6.07, 6.45) is 6.34. The molecule has 0 aliphatic heterocycles. The van der Waals surface area contributed by atoms with E-state index in [1.807, 2.05) is 0 Å². The number of anilines is 2. The molecule has 2 rings (SSSR count). The molecule has 4 heteroatoms. The van der Waals surface area contributed by atoms with Crippen molar-refractivity contribution in [2.75, 3.05) is 17.6 Å². The van der Waals surface area contributed by atoms with Gasteiger partial charge in [0, 0.05) is 12.1 Å². The minimum atomic E-state index is -0.422. The van der Waals surface area contributed by atoms with Gasteiger partial charge in [-0.05, 0) is 42.9 Å². The highest BCUT2D eigenvalue weighted by Crippen LogP contribution is 2.41. The SMILES string of the molecule is CCC1(CNc2cc(C(N)=O)ccc2N)CCCC1. The minimum Gasteiger partial charge on any atom is -0.397 e. The highest BCUT2D eigenvalue weighted by atomic mass is 16.1. The van der Waals surface area contributed by atoms with E-state index >= 15 is 0 Å². The first-order chi connectivity index (χ1) is 9.06. The monoisotopic (exact) mass is 261 g/mol. The van der Waals surface area contributed by atoms with Crippen molar-refractivity contribution in [1.29, 1.82) is 0 Å². The number of primary amides is 1. The third-order valence-electron chi connectivity index (χ3n) is 4.41. The number of rotatable bonds is 5. The van der Waals surface area contributed by atoms with Gasteiger partial charge >= 0.3 is 0 Å². The van der Waals surface area contributed by atoms with Gasteiger partial charge in [0.15, 0.2) is 0 Å². The van der Waals surface area contributed by atoms with E-state index in [-0.39, 0.29) is 0 Å². The van der Waals surface area contributed by atoms with Gasteiger partial charge in [-0.2, -0.15) is 0 Å². The molecule has 1 aliphatic carbocycles. The maximum atomic E-state index is 11.2. The maximum Gasteiger partial charge on any atom is 0.248 e. The van der Waals surface area contributed by atoms with Gasteiger partial charge in [0.1, 0.15) is 0 Å².